The number of aliphatic hydroxyl groups excluding tert-OH is 5. The standard InChI is InChI=1S/C30H35ClFN3O11/c1-12(29(41)34-20-21(36)23(38)28-27(22(20)37)42-11-43-28)7-14-3-6-19(18(33)8-14)45-30-25(40)24(39)26(46-30)13(2)35-44-10-15-9-16(32)4-5-17(15)31/h3-9,20-25,27-28,30,35-40H,10-11,33H2,1-2H3,(H,34,41)/t20-,21+,22-,23-,24+,25+,27+,28-,30-/m1/s1. The summed E-state index contributed by atoms with van der Waals surface area (Å²) in [6.07, 6.45) is -8.79. The lowest BCUT2D eigenvalue weighted by Gasteiger charge is -2.41. The molecule has 1 amide bonds. The molecule has 3 aliphatic rings. The molecule has 0 radical (unpaired) electrons. The number of hydrogen-bond donors (Lipinski definition) is 8. The van der Waals surface area contributed by atoms with Gasteiger partial charge < -0.3 is 55.5 Å². The fraction of sp³-hybridized carbons (Fsp3) is 0.433. The van der Waals surface area contributed by atoms with E-state index in [0.29, 0.717) is 16.1 Å². The predicted octanol–water partition coefficient (Wildman–Crippen LogP) is 0.197. The minimum absolute atomic E-state index is 0.0501. The van der Waals surface area contributed by atoms with E-state index in [-0.39, 0.29) is 41.9 Å². The van der Waals surface area contributed by atoms with Crippen molar-refractivity contribution in [3.05, 3.63) is 75.4 Å². The second-order valence-corrected chi connectivity index (χ2v) is 11.5. The van der Waals surface area contributed by atoms with Crippen molar-refractivity contribution < 1.29 is 58.5 Å². The number of nitrogen functional groups attached to an aromatic ring is 1. The van der Waals surface area contributed by atoms with E-state index >= 15 is 0 Å². The molecule has 2 saturated heterocycles. The van der Waals surface area contributed by atoms with Crippen LogP contribution in [-0.4, -0.2) is 93.3 Å². The Hall–Kier alpha value is -3.51. The first-order valence-corrected chi connectivity index (χ1v) is 14.6. The normalized spacial score (nSPS) is 32.0. The highest BCUT2D eigenvalue weighted by molar-refractivity contribution is 6.31. The van der Waals surface area contributed by atoms with Gasteiger partial charge in [-0.15, -0.1) is 0 Å². The number of nitrogens with two attached hydrogens (primary N) is 1. The molecule has 1 aliphatic carbocycles. The Kier molecular flexibility index (Phi) is 10.4. The topological polar surface area (TPSA) is 214 Å². The van der Waals surface area contributed by atoms with Gasteiger partial charge in [0.15, 0.2) is 11.9 Å². The molecule has 9 N–H and O–H groups in total. The van der Waals surface area contributed by atoms with Gasteiger partial charge in [-0.3, -0.25) is 15.1 Å². The molecule has 16 heteroatoms. The SMILES string of the molecule is CC(=Cc1ccc(O[C@@H]2OC(=C(C)NOCc3cc(F)ccc3Cl)[C@@H](O)[C@@H]2O)c(N)c1)C(=O)N[C@@H]1[C@H](O)[C@@H](O)[C@H]2OCO[C@H]2[C@@H]1O. The first-order chi connectivity index (χ1) is 21.8. The highest BCUT2D eigenvalue weighted by atomic mass is 35.5. The van der Waals surface area contributed by atoms with Crippen molar-refractivity contribution in [3.63, 3.8) is 0 Å². The van der Waals surface area contributed by atoms with Crippen LogP contribution in [0, 0.1) is 5.82 Å². The van der Waals surface area contributed by atoms with Gasteiger partial charge in [0, 0.05) is 16.2 Å². The number of allylic oxidation sites excluding steroid dienone is 1. The molecule has 250 valence electrons. The van der Waals surface area contributed by atoms with Crippen LogP contribution in [0.5, 0.6) is 5.75 Å². The summed E-state index contributed by atoms with van der Waals surface area (Å²) in [6, 6.07) is 7.19. The molecule has 0 spiro atoms. The molecule has 0 aromatic heterocycles. The maximum Gasteiger partial charge on any atom is 0.269 e. The minimum atomic E-state index is -1.49. The van der Waals surface area contributed by atoms with Crippen molar-refractivity contribution in [2.75, 3.05) is 12.5 Å². The molecular formula is C30H35ClFN3O11. The zero-order valence-electron chi connectivity index (χ0n) is 24.7. The van der Waals surface area contributed by atoms with Crippen LogP contribution in [0.25, 0.3) is 6.08 Å². The number of nitrogens with one attached hydrogen (secondary N) is 2. The number of hydrogen-bond acceptors (Lipinski definition) is 13. The number of rotatable bonds is 9. The van der Waals surface area contributed by atoms with Gasteiger partial charge in [0.2, 0.25) is 5.91 Å². The Labute approximate surface area is 267 Å². The van der Waals surface area contributed by atoms with Crippen molar-refractivity contribution in [1.82, 2.24) is 10.8 Å². The number of benzene rings is 2. The lowest BCUT2D eigenvalue weighted by molar-refractivity contribution is -0.155. The van der Waals surface area contributed by atoms with Crippen molar-refractivity contribution in [3.8, 4) is 5.75 Å². The van der Waals surface area contributed by atoms with Gasteiger partial charge in [0.1, 0.15) is 61.6 Å². The van der Waals surface area contributed by atoms with Crippen LogP contribution < -0.4 is 21.3 Å². The van der Waals surface area contributed by atoms with Crippen LogP contribution in [0.15, 0.2) is 53.4 Å². The first-order valence-electron chi connectivity index (χ1n) is 14.2. The zero-order valence-corrected chi connectivity index (χ0v) is 25.4. The number of amides is 1. The minimum Gasteiger partial charge on any atom is -0.452 e. The monoisotopic (exact) mass is 667 g/mol. The van der Waals surface area contributed by atoms with Crippen molar-refractivity contribution in [2.45, 2.75) is 75.5 Å². The molecule has 9 atom stereocenters. The van der Waals surface area contributed by atoms with E-state index in [1.165, 1.54) is 50.3 Å². The Bertz CT molecular complexity index is 1510. The molecule has 0 bridgehead atoms. The summed E-state index contributed by atoms with van der Waals surface area (Å²) in [6.45, 7) is 2.79. The molecule has 2 aromatic carbocycles. The summed E-state index contributed by atoms with van der Waals surface area (Å²) in [5.74, 6) is -1.03. The molecule has 2 aromatic rings. The maximum absolute atomic E-state index is 13.5. The Morgan fingerprint density at radius 1 is 1.04 bits per heavy atom. The van der Waals surface area contributed by atoms with E-state index in [4.69, 9.17) is 41.1 Å². The van der Waals surface area contributed by atoms with E-state index < -0.39 is 66.8 Å². The second kappa shape index (κ2) is 14.1. The highest BCUT2D eigenvalue weighted by Crippen LogP contribution is 2.33. The van der Waals surface area contributed by atoms with Crippen LogP contribution in [0.3, 0.4) is 0 Å². The summed E-state index contributed by atoms with van der Waals surface area (Å²) >= 11 is 6.04. The summed E-state index contributed by atoms with van der Waals surface area (Å²) in [7, 11) is 0. The van der Waals surface area contributed by atoms with Gasteiger partial charge in [0.05, 0.1) is 17.4 Å². The average Bonchev–Trinajstić information content (AvgIpc) is 3.62. The van der Waals surface area contributed by atoms with E-state index in [9.17, 15) is 34.7 Å². The van der Waals surface area contributed by atoms with Crippen LogP contribution in [0.2, 0.25) is 5.02 Å². The van der Waals surface area contributed by atoms with Gasteiger partial charge >= 0.3 is 0 Å². The predicted molar refractivity (Wildman–Crippen MR) is 159 cm³/mol. The van der Waals surface area contributed by atoms with Gasteiger partial charge in [-0.2, -0.15) is 0 Å². The molecule has 5 rings (SSSR count). The third-order valence-electron chi connectivity index (χ3n) is 7.86. The number of halogens is 2. The summed E-state index contributed by atoms with van der Waals surface area (Å²) in [5, 5.41) is 55.3. The molecular weight excluding hydrogens is 633 g/mol. The summed E-state index contributed by atoms with van der Waals surface area (Å²) < 4.78 is 35.4. The third-order valence-corrected chi connectivity index (χ3v) is 8.23. The average molecular weight is 668 g/mol. The van der Waals surface area contributed by atoms with Gasteiger partial charge in [-0.1, -0.05) is 17.7 Å². The number of fused-ring (bicyclic) bond motifs is 1. The third kappa shape index (κ3) is 7.07. The fourth-order valence-electron chi connectivity index (χ4n) is 5.32. The number of carbonyl (C=O) groups is 1. The second-order valence-electron chi connectivity index (χ2n) is 11.1. The molecule has 2 aliphatic heterocycles. The lowest BCUT2D eigenvalue weighted by atomic mass is 9.83. The number of carbonyl (C=O) groups excluding carboxylic acids is 1. The highest BCUT2D eigenvalue weighted by Gasteiger charge is 2.53. The molecule has 46 heavy (non-hydrogen) atoms. The summed E-state index contributed by atoms with van der Waals surface area (Å²) in [5.41, 5.74) is 10.2. The van der Waals surface area contributed by atoms with E-state index in [2.05, 4.69) is 10.8 Å². The number of anilines is 1. The fourth-order valence-corrected chi connectivity index (χ4v) is 5.50. The summed E-state index contributed by atoms with van der Waals surface area (Å²) in [4.78, 5) is 18.2. The molecule has 1 saturated carbocycles. The van der Waals surface area contributed by atoms with E-state index in [0.717, 1.165) is 0 Å². The Balaban J connectivity index is 1.19. The number of ether oxygens (including phenoxy) is 4. The van der Waals surface area contributed by atoms with Crippen molar-refractivity contribution in [2.24, 2.45) is 0 Å². The van der Waals surface area contributed by atoms with Crippen LogP contribution in [0.1, 0.15) is 25.0 Å². The number of aliphatic hydroxyl groups is 5. The van der Waals surface area contributed by atoms with Crippen LogP contribution in [0.4, 0.5) is 10.1 Å². The Morgan fingerprint density at radius 2 is 1.76 bits per heavy atom. The van der Waals surface area contributed by atoms with E-state index in [1.807, 2.05) is 0 Å². The van der Waals surface area contributed by atoms with Gasteiger partial charge in [-0.25, -0.2) is 4.39 Å². The largest absolute Gasteiger partial charge is 0.452 e. The van der Waals surface area contributed by atoms with Crippen molar-refractivity contribution in [1.29, 1.82) is 0 Å². The van der Waals surface area contributed by atoms with E-state index in [1.54, 1.807) is 6.07 Å². The first kappa shape index (κ1) is 33.8. The smallest absolute Gasteiger partial charge is 0.269 e. The molecule has 14 nitrogen and oxygen atoms in total. The van der Waals surface area contributed by atoms with Crippen molar-refractivity contribution >= 4 is 29.3 Å². The van der Waals surface area contributed by atoms with Gasteiger partial charge in [-0.05, 0) is 55.8 Å². The molecule has 0 unspecified atom stereocenters. The molecule has 3 fully saturated rings. The quantitative estimate of drug-likeness (QED) is 0.102. The Morgan fingerprint density at radius 3 is 2.48 bits per heavy atom. The van der Waals surface area contributed by atoms with Crippen LogP contribution in [-0.2, 0) is 30.4 Å². The van der Waals surface area contributed by atoms with Crippen LogP contribution >= 0.6 is 11.6 Å². The zero-order chi connectivity index (χ0) is 33.3. The van der Waals surface area contributed by atoms with Gasteiger partial charge in [0.25, 0.3) is 6.29 Å². The molecule has 2 heterocycles. The number of hydroxylamine groups is 1. The lowest BCUT2D eigenvalue weighted by Crippen LogP contribution is -2.67. The maximum atomic E-state index is 13.5.